The van der Waals surface area contributed by atoms with Gasteiger partial charge in [-0.3, -0.25) is 10.1 Å². The molecule has 102 valence electrons. The predicted molar refractivity (Wildman–Crippen MR) is 87.0 cm³/mol. The van der Waals surface area contributed by atoms with Gasteiger partial charge >= 0.3 is 0 Å². The van der Waals surface area contributed by atoms with E-state index >= 15 is 0 Å². The van der Waals surface area contributed by atoms with Crippen molar-refractivity contribution in [1.29, 1.82) is 0 Å². The molecule has 1 heterocycles. The highest BCUT2D eigenvalue weighted by Crippen LogP contribution is 2.11. The summed E-state index contributed by atoms with van der Waals surface area (Å²) in [6.07, 6.45) is 4.73. The Morgan fingerprint density at radius 2 is 2.10 bits per heavy atom. The number of hydrogen-bond acceptors (Lipinski definition) is 4. The van der Waals surface area contributed by atoms with Crippen LogP contribution in [0.3, 0.4) is 0 Å². The first-order valence-corrected chi connectivity index (χ1v) is 7.25. The first-order chi connectivity index (χ1) is 9.63. The standard InChI is InChI=1S/C13H10ClN3OS2/c14-10-4-1-9(2-5-10)3-6-11(18)16-12(19)17-13-15-7-8-20-13/h1-8H,(H2,15,16,17,18,19)/b6-3+. The van der Waals surface area contributed by atoms with E-state index in [1.54, 1.807) is 24.4 Å². The maximum Gasteiger partial charge on any atom is 0.250 e. The van der Waals surface area contributed by atoms with E-state index in [0.29, 0.717) is 10.2 Å². The fraction of sp³-hybridized carbons (Fsp3) is 0. The van der Waals surface area contributed by atoms with E-state index in [4.69, 9.17) is 23.8 Å². The van der Waals surface area contributed by atoms with Crippen molar-refractivity contribution in [2.45, 2.75) is 0 Å². The molecule has 0 fully saturated rings. The summed E-state index contributed by atoms with van der Waals surface area (Å²) in [6.45, 7) is 0. The number of thiocarbonyl (C=S) groups is 1. The smallest absolute Gasteiger partial charge is 0.250 e. The molecule has 0 saturated heterocycles. The molecule has 0 bridgehead atoms. The summed E-state index contributed by atoms with van der Waals surface area (Å²) < 4.78 is 0. The van der Waals surface area contributed by atoms with Crippen molar-refractivity contribution in [3.05, 3.63) is 52.5 Å². The molecular weight excluding hydrogens is 314 g/mol. The van der Waals surface area contributed by atoms with Crippen LogP contribution in [0.15, 0.2) is 41.9 Å². The molecule has 20 heavy (non-hydrogen) atoms. The van der Waals surface area contributed by atoms with Crippen molar-refractivity contribution in [3.8, 4) is 0 Å². The molecule has 4 nitrogen and oxygen atoms in total. The van der Waals surface area contributed by atoms with Crippen molar-refractivity contribution in [2.75, 3.05) is 5.32 Å². The Balaban J connectivity index is 1.85. The van der Waals surface area contributed by atoms with E-state index in [0.717, 1.165) is 5.56 Å². The highest BCUT2D eigenvalue weighted by molar-refractivity contribution is 7.80. The lowest BCUT2D eigenvalue weighted by Gasteiger charge is -2.04. The van der Waals surface area contributed by atoms with Gasteiger partial charge in [-0.1, -0.05) is 23.7 Å². The summed E-state index contributed by atoms with van der Waals surface area (Å²) in [6, 6.07) is 7.15. The summed E-state index contributed by atoms with van der Waals surface area (Å²) in [5, 5.41) is 8.66. The molecule has 0 saturated carbocycles. The minimum Gasteiger partial charge on any atom is -0.308 e. The van der Waals surface area contributed by atoms with Crippen LogP contribution < -0.4 is 10.6 Å². The average Bonchev–Trinajstić information content (AvgIpc) is 2.90. The maximum atomic E-state index is 11.7. The number of nitrogens with one attached hydrogen (secondary N) is 2. The van der Waals surface area contributed by atoms with Crippen LogP contribution >= 0.6 is 35.2 Å². The molecule has 1 amide bonds. The predicted octanol–water partition coefficient (Wildman–Crippen LogP) is 3.32. The number of benzene rings is 1. The summed E-state index contributed by atoms with van der Waals surface area (Å²) in [7, 11) is 0. The molecule has 0 radical (unpaired) electrons. The van der Waals surface area contributed by atoms with Crippen LogP contribution in [0.25, 0.3) is 6.08 Å². The molecule has 0 unspecified atom stereocenters. The molecule has 2 N–H and O–H groups in total. The van der Waals surface area contributed by atoms with Crippen LogP contribution in [0.2, 0.25) is 5.02 Å². The van der Waals surface area contributed by atoms with Crippen LogP contribution in [-0.2, 0) is 4.79 Å². The van der Waals surface area contributed by atoms with Gasteiger partial charge < -0.3 is 5.32 Å². The topological polar surface area (TPSA) is 54.0 Å². The highest BCUT2D eigenvalue weighted by Gasteiger charge is 2.02. The van der Waals surface area contributed by atoms with Crippen molar-refractivity contribution in [2.24, 2.45) is 0 Å². The molecule has 0 aliphatic rings. The number of amides is 1. The summed E-state index contributed by atoms with van der Waals surface area (Å²) in [4.78, 5) is 15.7. The first-order valence-electron chi connectivity index (χ1n) is 5.58. The molecule has 7 heteroatoms. The minimum atomic E-state index is -0.311. The fourth-order valence-corrected chi connectivity index (χ4v) is 2.23. The largest absolute Gasteiger partial charge is 0.308 e. The van der Waals surface area contributed by atoms with Gasteiger partial charge in [-0.25, -0.2) is 4.98 Å². The number of rotatable bonds is 3. The monoisotopic (exact) mass is 323 g/mol. The van der Waals surface area contributed by atoms with E-state index in [9.17, 15) is 4.79 Å². The van der Waals surface area contributed by atoms with Gasteiger partial charge in [-0.05, 0) is 36.0 Å². The molecule has 2 rings (SSSR count). The quantitative estimate of drug-likeness (QED) is 0.672. The van der Waals surface area contributed by atoms with E-state index in [2.05, 4.69) is 15.6 Å². The third-order valence-corrected chi connectivity index (χ3v) is 3.33. The van der Waals surface area contributed by atoms with Crippen LogP contribution in [0.4, 0.5) is 5.13 Å². The van der Waals surface area contributed by atoms with Crippen molar-refractivity contribution < 1.29 is 4.79 Å². The highest BCUT2D eigenvalue weighted by atomic mass is 35.5. The van der Waals surface area contributed by atoms with Crippen molar-refractivity contribution >= 4 is 57.4 Å². The zero-order chi connectivity index (χ0) is 14.4. The molecule has 0 aliphatic carbocycles. The Morgan fingerprint density at radius 3 is 2.75 bits per heavy atom. The third-order valence-electron chi connectivity index (χ3n) is 2.19. The summed E-state index contributed by atoms with van der Waals surface area (Å²) in [5.41, 5.74) is 0.878. The SMILES string of the molecule is O=C(/C=C/c1ccc(Cl)cc1)NC(=S)Nc1nccs1. The summed E-state index contributed by atoms with van der Waals surface area (Å²) >= 11 is 12.2. The number of nitrogens with zero attached hydrogens (tertiary/aromatic N) is 1. The Morgan fingerprint density at radius 1 is 1.35 bits per heavy atom. The van der Waals surface area contributed by atoms with Gasteiger partial charge in [0.15, 0.2) is 10.2 Å². The van der Waals surface area contributed by atoms with E-state index in [-0.39, 0.29) is 11.0 Å². The van der Waals surface area contributed by atoms with E-state index in [1.165, 1.54) is 17.4 Å². The second-order valence-electron chi connectivity index (χ2n) is 3.67. The lowest BCUT2D eigenvalue weighted by molar-refractivity contribution is -0.115. The number of thiazole rings is 1. The van der Waals surface area contributed by atoms with Gasteiger partial charge in [0.2, 0.25) is 5.91 Å². The number of carbonyl (C=O) groups is 1. The number of hydrogen-bond donors (Lipinski definition) is 2. The Labute approximate surface area is 130 Å². The van der Waals surface area contributed by atoms with Crippen molar-refractivity contribution in [3.63, 3.8) is 0 Å². The normalized spacial score (nSPS) is 10.4. The van der Waals surface area contributed by atoms with Gasteiger partial charge in [0.25, 0.3) is 0 Å². The lowest BCUT2D eigenvalue weighted by atomic mass is 10.2. The molecule has 2 aromatic rings. The zero-order valence-electron chi connectivity index (χ0n) is 10.2. The van der Waals surface area contributed by atoms with Gasteiger partial charge in [0.05, 0.1) is 0 Å². The maximum absolute atomic E-state index is 11.7. The number of carbonyl (C=O) groups excluding carboxylic acids is 1. The molecule has 0 aliphatic heterocycles. The zero-order valence-corrected chi connectivity index (χ0v) is 12.6. The second-order valence-corrected chi connectivity index (χ2v) is 5.40. The number of anilines is 1. The van der Waals surface area contributed by atoms with Gasteiger partial charge in [0, 0.05) is 22.7 Å². The molecule has 0 atom stereocenters. The van der Waals surface area contributed by atoms with Crippen LogP contribution in [0.1, 0.15) is 5.56 Å². The van der Waals surface area contributed by atoms with Crippen LogP contribution in [-0.4, -0.2) is 16.0 Å². The second kappa shape index (κ2) is 7.14. The minimum absolute atomic E-state index is 0.214. The molecule has 1 aromatic carbocycles. The Hall–Kier alpha value is -1.76. The van der Waals surface area contributed by atoms with Gasteiger partial charge in [-0.15, -0.1) is 11.3 Å². The van der Waals surface area contributed by atoms with E-state index < -0.39 is 0 Å². The molecule has 0 spiro atoms. The Bertz CT molecular complexity index is 624. The number of halogens is 1. The van der Waals surface area contributed by atoms with E-state index in [1.807, 2.05) is 17.5 Å². The summed E-state index contributed by atoms with van der Waals surface area (Å²) in [5.74, 6) is -0.311. The lowest BCUT2D eigenvalue weighted by Crippen LogP contribution is -2.32. The first kappa shape index (κ1) is 14.6. The number of aromatic nitrogens is 1. The average molecular weight is 324 g/mol. The third kappa shape index (κ3) is 4.73. The van der Waals surface area contributed by atoms with Crippen molar-refractivity contribution in [1.82, 2.24) is 10.3 Å². The van der Waals surface area contributed by atoms with Gasteiger partial charge in [0.1, 0.15) is 0 Å². The fourth-order valence-electron chi connectivity index (χ4n) is 1.31. The van der Waals surface area contributed by atoms with Crippen LogP contribution in [0, 0.1) is 0 Å². The Kier molecular flexibility index (Phi) is 5.23. The molecular formula is C13H10ClN3OS2. The van der Waals surface area contributed by atoms with Gasteiger partial charge in [-0.2, -0.15) is 0 Å². The van der Waals surface area contributed by atoms with Crippen LogP contribution in [0.5, 0.6) is 0 Å². The molecule has 1 aromatic heterocycles.